The molecule has 0 aliphatic carbocycles. The van der Waals surface area contributed by atoms with E-state index in [-0.39, 0.29) is 16.5 Å². The molecule has 0 aliphatic rings. The maximum Gasteiger partial charge on any atom is 0.264 e. The van der Waals surface area contributed by atoms with E-state index in [9.17, 15) is 12.8 Å². The van der Waals surface area contributed by atoms with Crippen LogP contribution in [0.4, 0.5) is 15.8 Å². The van der Waals surface area contributed by atoms with Crippen LogP contribution >= 0.6 is 11.6 Å². The summed E-state index contributed by atoms with van der Waals surface area (Å²) < 4.78 is 39.8. The Morgan fingerprint density at radius 3 is 2.63 bits per heavy atom. The van der Waals surface area contributed by atoms with E-state index in [0.29, 0.717) is 0 Å². The zero-order valence-corrected chi connectivity index (χ0v) is 11.0. The maximum atomic E-state index is 13.6. The first-order valence-electron chi connectivity index (χ1n) is 5.08. The van der Waals surface area contributed by atoms with Crippen LogP contribution in [0.15, 0.2) is 41.4 Å². The van der Waals surface area contributed by atoms with Crippen molar-refractivity contribution in [3.63, 3.8) is 0 Å². The Bertz CT molecular complexity index is 722. The average Bonchev–Trinajstić information content (AvgIpc) is 2.27. The van der Waals surface area contributed by atoms with Crippen molar-refractivity contribution in [1.29, 1.82) is 0 Å². The minimum Gasteiger partial charge on any atom is -0.399 e. The molecule has 0 amide bonds. The molecule has 0 radical (unpaired) electrons. The molecule has 3 N–H and O–H groups in total. The number of nitrogens with zero attached hydrogens (tertiary/aromatic N) is 1. The van der Waals surface area contributed by atoms with Crippen LogP contribution in [0.1, 0.15) is 0 Å². The Morgan fingerprint density at radius 2 is 2.00 bits per heavy atom. The summed E-state index contributed by atoms with van der Waals surface area (Å²) in [6, 6.07) is 6.05. The van der Waals surface area contributed by atoms with Gasteiger partial charge < -0.3 is 5.73 Å². The topological polar surface area (TPSA) is 85.1 Å². The molecule has 0 saturated carbocycles. The number of hydrogen-bond acceptors (Lipinski definition) is 4. The summed E-state index contributed by atoms with van der Waals surface area (Å²) >= 11 is 5.64. The van der Waals surface area contributed by atoms with Gasteiger partial charge in [-0.25, -0.2) is 17.8 Å². The smallest absolute Gasteiger partial charge is 0.264 e. The highest BCUT2D eigenvalue weighted by Crippen LogP contribution is 2.21. The van der Waals surface area contributed by atoms with E-state index in [4.69, 9.17) is 17.3 Å². The highest BCUT2D eigenvalue weighted by atomic mass is 35.5. The molecule has 1 aromatic carbocycles. The van der Waals surface area contributed by atoms with Crippen LogP contribution in [-0.2, 0) is 10.0 Å². The van der Waals surface area contributed by atoms with Gasteiger partial charge in [0.15, 0.2) is 0 Å². The Labute approximate surface area is 114 Å². The van der Waals surface area contributed by atoms with Gasteiger partial charge in [-0.05, 0) is 30.3 Å². The number of sulfonamides is 1. The number of benzene rings is 1. The van der Waals surface area contributed by atoms with Gasteiger partial charge in [-0.15, -0.1) is 0 Å². The van der Waals surface area contributed by atoms with Crippen LogP contribution in [-0.4, -0.2) is 13.4 Å². The number of hydrogen-bond donors (Lipinski definition) is 2. The number of aromatic nitrogens is 1. The third-order valence-corrected chi connectivity index (χ3v) is 3.85. The van der Waals surface area contributed by atoms with Crippen LogP contribution < -0.4 is 10.5 Å². The molecule has 8 heteroatoms. The van der Waals surface area contributed by atoms with Gasteiger partial charge in [0.05, 0.1) is 5.69 Å². The van der Waals surface area contributed by atoms with Gasteiger partial charge in [-0.2, -0.15) is 0 Å². The first-order chi connectivity index (χ1) is 8.88. The van der Waals surface area contributed by atoms with Crippen LogP contribution in [0.2, 0.25) is 5.15 Å². The molecular formula is C11H9ClFN3O2S. The molecule has 0 atom stereocenters. The molecule has 5 nitrogen and oxygen atoms in total. The summed E-state index contributed by atoms with van der Waals surface area (Å²) in [5, 5.41) is 0.123. The van der Waals surface area contributed by atoms with Crippen molar-refractivity contribution < 1.29 is 12.8 Å². The summed E-state index contributed by atoms with van der Waals surface area (Å²) in [5.41, 5.74) is 5.70. The van der Waals surface area contributed by atoms with Crippen molar-refractivity contribution in [2.75, 3.05) is 10.5 Å². The number of nitrogen functional groups attached to an aromatic ring is 1. The van der Waals surface area contributed by atoms with Crippen molar-refractivity contribution in [2.24, 2.45) is 0 Å². The van der Waals surface area contributed by atoms with Crippen molar-refractivity contribution in [3.8, 4) is 0 Å². The fourth-order valence-electron chi connectivity index (χ4n) is 1.41. The average molecular weight is 302 g/mol. The van der Waals surface area contributed by atoms with Gasteiger partial charge in [0.2, 0.25) is 0 Å². The van der Waals surface area contributed by atoms with Gasteiger partial charge in [0, 0.05) is 11.9 Å². The largest absolute Gasteiger partial charge is 0.399 e. The standard InChI is InChI=1S/C11H9ClFN3O2S/c12-11-6-8(3-4-15-11)16-19(17,18)10-2-1-7(14)5-9(10)13/h1-6H,14H2,(H,15,16). The van der Waals surface area contributed by atoms with Crippen LogP contribution in [0.25, 0.3) is 0 Å². The SMILES string of the molecule is Nc1ccc(S(=O)(=O)Nc2ccnc(Cl)c2)c(F)c1. The van der Waals surface area contributed by atoms with E-state index in [1.165, 1.54) is 24.4 Å². The fraction of sp³-hybridized carbons (Fsp3) is 0. The third-order valence-electron chi connectivity index (χ3n) is 2.22. The van der Waals surface area contributed by atoms with E-state index >= 15 is 0 Å². The lowest BCUT2D eigenvalue weighted by Gasteiger charge is -2.09. The Morgan fingerprint density at radius 1 is 1.26 bits per heavy atom. The van der Waals surface area contributed by atoms with Gasteiger partial charge in [0.1, 0.15) is 15.9 Å². The Balaban J connectivity index is 2.38. The lowest BCUT2D eigenvalue weighted by molar-refractivity contribution is 0.571. The first-order valence-corrected chi connectivity index (χ1v) is 6.94. The molecule has 19 heavy (non-hydrogen) atoms. The lowest BCUT2D eigenvalue weighted by atomic mass is 10.3. The Hall–Kier alpha value is -1.86. The fourth-order valence-corrected chi connectivity index (χ4v) is 2.70. The molecule has 0 spiro atoms. The minimum atomic E-state index is -4.04. The molecule has 1 aromatic heterocycles. The Kier molecular flexibility index (Phi) is 3.59. The number of rotatable bonds is 3. The number of pyridine rings is 1. The predicted molar refractivity (Wildman–Crippen MR) is 70.9 cm³/mol. The van der Waals surface area contributed by atoms with Crippen LogP contribution in [0.5, 0.6) is 0 Å². The van der Waals surface area contributed by atoms with E-state index in [1.807, 2.05) is 0 Å². The zero-order valence-electron chi connectivity index (χ0n) is 9.47. The second-order valence-corrected chi connectivity index (χ2v) is 5.70. The second-order valence-electron chi connectivity index (χ2n) is 3.66. The molecular weight excluding hydrogens is 293 g/mol. The molecule has 0 saturated heterocycles. The van der Waals surface area contributed by atoms with E-state index in [0.717, 1.165) is 12.1 Å². The summed E-state index contributed by atoms with van der Waals surface area (Å²) in [6.07, 6.45) is 1.33. The monoisotopic (exact) mass is 301 g/mol. The number of nitrogens with one attached hydrogen (secondary N) is 1. The predicted octanol–water partition coefficient (Wildman–Crippen LogP) is 2.26. The molecule has 0 aliphatic heterocycles. The van der Waals surface area contributed by atoms with Gasteiger partial charge in [-0.1, -0.05) is 11.6 Å². The van der Waals surface area contributed by atoms with E-state index < -0.39 is 20.7 Å². The van der Waals surface area contributed by atoms with Crippen LogP contribution in [0, 0.1) is 5.82 Å². The number of anilines is 2. The van der Waals surface area contributed by atoms with Crippen molar-refractivity contribution >= 4 is 33.0 Å². The van der Waals surface area contributed by atoms with Crippen molar-refractivity contribution in [2.45, 2.75) is 4.90 Å². The number of nitrogens with two attached hydrogens (primary N) is 1. The normalized spacial score (nSPS) is 11.3. The minimum absolute atomic E-state index is 0.123. The van der Waals surface area contributed by atoms with Gasteiger partial charge in [-0.3, -0.25) is 4.72 Å². The molecule has 0 fully saturated rings. The van der Waals surface area contributed by atoms with E-state index in [1.54, 1.807) is 0 Å². The summed E-state index contributed by atoms with van der Waals surface area (Å²) in [6.45, 7) is 0. The molecule has 0 unspecified atom stereocenters. The van der Waals surface area contributed by atoms with Gasteiger partial charge >= 0.3 is 0 Å². The highest BCUT2D eigenvalue weighted by Gasteiger charge is 2.19. The molecule has 1 heterocycles. The highest BCUT2D eigenvalue weighted by molar-refractivity contribution is 7.92. The van der Waals surface area contributed by atoms with Crippen molar-refractivity contribution in [3.05, 3.63) is 47.5 Å². The lowest BCUT2D eigenvalue weighted by Crippen LogP contribution is -2.14. The third kappa shape index (κ3) is 3.12. The molecule has 0 bridgehead atoms. The van der Waals surface area contributed by atoms with Crippen molar-refractivity contribution in [1.82, 2.24) is 4.98 Å². The maximum absolute atomic E-state index is 13.6. The first kappa shape index (κ1) is 13.6. The van der Waals surface area contributed by atoms with Gasteiger partial charge in [0.25, 0.3) is 10.0 Å². The summed E-state index contributed by atoms with van der Waals surface area (Å²) in [7, 11) is -4.04. The van der Waals surface area contributed by atoms with Crippen LogP contribution in [0.3, 0.4) is 0 Å². The number of halogens is 2. The summed E-state index contributed by atoms with van der Waals surface area (Å²) in [5.74, 6) is -0.923. The zero-order chi connectivity index (χ0) is 14.0. The molecule has 100 valence electrons. The quantitative estimate of drug-likeness (QED) is 0.672. The second kappa shape index (κ2) is 5.02. The molecule has 2 aromatic rings. The van der Waals surface area contributed by atoms with E-state index in [2.05, 4.69) is 9.71 Å². The summed E-state index contributed by atoms with van der Waals surface area (Å²) in [4.78, 5) is 3.22. The molecule has 2 rings (SSSR count).